The predicted molar refractivity (Wildman–Crippen MR) is 260 cm³/mol. The molecule has 2 aliphatic rings. The van der Waals surface area contributed by atoms with E-state index in [0.29, 0.717) is 0 Å². The number of benzene rings is 9. The van der Waals surface area contributed by atoms with Gasteiger partial charge in [-0.1, -0.05) is 179 Å². The van der Waals surface area contributed by atoms with Crippen molar-refractivity contribution in [3.8, 4) is 55.6 Å². The van der Waals surface area contributed by atoms with E-state index in [1.54, 1.807) is 0 Å². The van der Waals surface area contributed by atoms with Crippen LogP contribution in [0, 0.1) is 0 Å². The van der Waals surface area contributed by atoms with Gasteiger partial charge in [0.05, 0.1) is 0 Å². The molecule has 0 bridgehead atoms. The zero-order valence-electron chi connectivity index (χ0n) is 35.4. The van der Waals surface area contributed by atoms with E-state index in [1.165, 1.54) is 77.9 Å². The monoisotopic (exact) mass is 795 g/mol. The van der Waals surface area contributed by atoms with Crippen LogP contribution in [0.2, 0.25) is 0 Å². The summed E-state index contributed by atoms with van der Waals surface area (Å²) < 4.78 is 7.09. The zero-order chi connectivity index (χ0) is 41.7. The normalized spacial score (nSPS) is 14.1. The molecule has 2 aliphatic carbocycles. The molecule has 0 atom stereocenters. The van der Waals surface area contributed by atoms with Gasteiger partial charge in [0.1, 0.15) is 11.2 Å². The summed E-state index contributed by atoms with van der Waals surface area (Å²) in [5.41, 5.74) is 22.5. The lowest BCUT2D eigenvalue weighted by Gasteiger charge is -2.28. The molecule has 9 aromatic carbocycles. The van der Waals surface area contributed by atoms with Crippen molar-refractivity contribution in [3.05, 3.63) is 222 Å². The Kier molecular flexibility index (Phi) is 7.96. The smallest absolute Gasteiger partial charge is 0.137 e. The molecular formula is C60H45NO. The predicted octanol–water partition coefficient (Wildman–Crippen LogP) is 16.7. The summed E-state index contributed by atoms with van der Waals surface area (Å²) in [6, 6.07) is 73.3. The molecule has 1 heterocycles. The minimum absolute atomic E-state index is 0.129. The molecule has 1 aromatic heterocycles. The average molecular weight is 796 g/mol. The van der Waals surface area contributed by atoms with E-state index >= 15 is 0 Å². The molecule has 62 heavy (non-hydrogen) atoms. The second kappa shape index (κ2) is 13.5. The first kappa shape index (κ1) is 36.4. The molecule has 0 saturated carbocycles. The molecule has 0 unspecified atom stereocenters. The maximum Gasteiger partial charge on any atom is 0.137 e. The van der Waals surface area contributed by atoms with Crippen LogP contribution in [0.15, 0.2) is 205 Å². The number of hydrogen-bond donors (Lipinski definition) is 0. The third-order valence-corrected chi connectivity index (χ3v) is 13.9. The van der Waals surface area contributed by atoms with E-state index in [4.69, 9.17) is 4.42 Å². The van der Waals surface area contributed by atoms with Crippen LogP contribution in [0.4, 0.5) is 17.1 Å². The van der Waals surface area contributed by atoms with Crippen molar-refractivity contribution in [2.24, 2.45) is 0 Å². The number of nitrogens with zero attached hydrogens (tertiary/aromatic N) is 1. The minimum Gasteiger partial charge on any atom is -0.456 e. The number of fused-ring (bicyclic) bond motifs is 9. The summed E-state index contributed by atoms with van der Waals surface area (Å²) in [7, 11) is 0. The summed E-state index contributed by atoms with van der Waals surface area (Å²) in [5.74, 6) is 0. The lowest BCUT2D eigenvalue weighted by molar-refractivity contribution is 0.647. The third-order valence-electron chi connectivity index (χ3n) is 13.9. The molecule has 0 saturated heterocycles. The van der Waals surface area contributed by atoms with Crippen LogP contribution >= 0.6 is 0 Å². The summed E-state index contributed by atoms with van der Waals surface area (Å²) in [6.07, 6.45) is 0. The van der Waals surface area contributed by atoms with E-state index < -0.39 is 0 Å². The van der Waals surface area contributed by atoms with Crippen molar-refractivity contribution in [1.82, 2.24) is 0 Å². The molecular weight excluding hydrogens is 751 g/mol. The van der Waals surface area contributed by atoms with Gasteiger partial charge in [0, 0.05) is 50.3 Å². The Morgan fingerprint density at radius 3 is 1.50 bits per heavy atom. The van der Waals surface area contributed by atoms with Crippen molar-refractivity contribution in [3.63, 3.8) is 0 Å². The molecule has 296 valence electrons. The van der Waals surface area contributed by atoms with Gasteiger partial charge in [-0.2, -0.15) is 0 Å². The fourth-order valence-corrected chi connectivity index (χ4v) is 10.7. The molecule has 2 nitrogen and oxygen atoms in total. The fourth-order valence-electron chi connectivity index (χ4n) is 10.7. The molecule has 0 amide bonds. The maximum atomic E-state index is 7.09. The van der Waals surface area contributed by atoms with Crippen molar-refractivity contribution >= 4 is 39.0 Å². The number of hydrogen-bond acceptors (Lipinski definition) is 2. The van der Waals surface area contributed by atoms with Crippen LogP contribution in [-0.2, 0) is 10.8 Å². The van der Waals surface area contributed by atoms with Crippen LogP contribution < -0.4 is 4.90 Å². The summed E-state index contributed by atoms with van der Waals surface area (Å²) in [5, 5.41) is 2.27. The van der Waals surface area contributed by atoms with Gasteiger partial charge >= 0.3 is 0 Å². The van der Waals surface area contributed by atoms with Gasteiger partial charge in [-0.15, -0.1) is 0 Å². The summed E-state index contributed by atoms with van der Waals surface area (Å²) in [4.78, 5) is 2.39. The lowest BCUT2D eigenvalue weighted by Crippen LogP contribution is -2.16. The van der Waals surface area contributed by atoms with Gasteiger partial charge < -0.3 is 9.32 Å². The van der Waals surface area contributed by atoms with E-state index in [9.17, 15) is 0 Å². The number of rotatable bonds is 6. The Morgan fingerprint density at radius 1 is 0.339 bits per heavy atom. The molecule has 0 fully saturated rings. The Hall–Kier alpha value is -7.42. The third kappa shape index (κ3) is 5.43. The quantitative estimate of drug-likeness (QED) is 0.167. The van der Waals surface area contributed by atoms with E-state index in [2.05, 4.69) is 233 Å². The van der Waals surface area contributed by atoms with Gasteiger partial charge in [-0.05, 0) is 115 Å². The lowest BCUT2D eigenvalue weighted by atomic mass is 9.81. The fraction of sp³-hybridized carbons (Fsp3) is 0.100. The van der Waals surface area contributed by atoms with Crippen LogP contribution in [0.3, 0.4) is 0 Å². The van der Waals surface area contributed by atoms with Gasteiger partial charge in [0.15, 0.2) is 0 Å². The zero-order valence-corrected chi connectivity index (χ0v) is 35.4. The first-order chi connectivity index (χ1) is 30.3. The molecule has 0 aliphatic heterocycles. The van der Waals surface area contributed by atoms with Crippen LogP contribution in [0.1, 0.15) is 49.9 Å². The van der Waals surface area contributed by atoms with Crippen LogP contribution in [-0.4, -0.2) is 0 Å². The van der Waals surface area contributed by atoms with Gasteiger partial charge in [0.25, 0.3) is 0 Å². The maximum absolute atomic E-state index is 7.09. The van der Waals surface area contributed by atoms with Crippen molar-refractivity contribution in [2.75, 3.05) is 4.90 Å². The highest BCUT2D eigenvalue weighted by Crippen LogP contribution is 2.56. The second-order valence-electron chi connectivity index (χ2n) is 18.1. The minimum atomic E-state index is -0.188. The Morgan fingerprint density at radius 2 is 0.823 bits per heavy atom. The van der Waals surface area contributed by atoms with Gasteiger partial charge in [-0.25, -0.2) is 0 Å². The van der Waals surface area contributed by atoms with E-state index in [0.717, 1.165) is 39.0 Å². The Bertz CT molecular complexity index is 3370. The van der Waals surface area contributed by atoms with Gasteiger partial charge in [-0.3, -0.25) is 0 Å². The van der Waals surface area contributed by atoms with Crippen molar-refractivity contribution in [2.45, 2.75) is 38.5 Å². The molecule has 2 heteroatoms. The van der Waals surface area contributed by atoms with E-state index in [-0.39, 0.29) is 10.8 Å². The molecule has 0 N–H and O–H groups in total. The molecule has 10 aromatic rings. The van der Waals surface area contributed by atoms with Crippen LogP contribution in [0.25, 0.3) is 77.6 Å². The largest absolute Gasteiger partial charge is 0.456 e. The molecule has 0 radical (unpaired) electrons. The van der Waals surface area contributed by atoms with Crippen LogP contribution in [0.5, 0.6) is 0 Å². The Balaban J connectivity index is 1.06. The number of anilines is 3. The SMILES string of the molecule is CC1(C)c2ccccc2-c2ccc(N(c3ccc(-c4ccccc4)cc3)c3ccc4c(c3)oc3cc5c(c(-c6ccc(-c7ccccc7)cc6)c34)-c3ccccc3C5(C)C)cc21. The van der Waals surface area contributed by atoms with E-state index in [1.807, 2.05) is 0 Å². The van der Waals surface area contributed by atoms with Gasteiger partial charge in [0.2, 0.25) is 0 Å². The Labute approximate surface area is 363 Å². The first-order valence-electron chi connectivity index (χ1n) is 21.8. The second-order valence-corrected chi connectivity index (χ2v) is 18.1. The highest BCUT2D eigenvalue weighted by molar-refractivity contribution is 6.18. The topological polar surface area (TPSA) is 16.4 Å². The van der Waals surface area contributed by atoms with Crippen molar-refractivity contribution in [1.29, 1.82) is 0 Å². The molecule has 0 spiro atoms. The first-order valence-corrected chi connectivity index (χ1v) is 21.8. The summed E-state index contributed by atoms with van der Waals surface area (Å²) in [6.45, 7) is 9.41. The summed E-state index contributed by atoms with van der Waals surface area (Å²) >= 11 is 0. The standard InChI is InChI=1S/C60H45NO/c1-59(2)50-21-13-11-19-46(50)47-33-31-44(35-52(47)59)61(43-29-27-41(28-30-43)39-17-9-6-10-18-39)45-32-34-49-54(36-45)62-55-37-53-57(48-20-12-14-22-51(48)60(53,3)4)56(58(49)55)42-25-23-40(24-26-42)38-15-7-5-8-16-38/h5-37H,1-4H3. The highest BCUT2D eigenvalue weighted by atomic mass is 16.3. The molecule has 12 rings (SSSR count). The van der Waals surface area contributed by atoms with Crippen molar-refractivity contribution < 1.29 is 4.42 Å². The number of furan rings is 1. The average Bonchev–Trinajstić information content (AvgIpc) is 3.88. The highest BCUT2D eigenvalue weighted by Gasteiger charge is 2.39.